The zero-order chi connectivity index (χ0) is 16.5. The van der Waals surface area contributed by atoms with E-state index in [-0.39, 0.29) is 12.2 Å². The molecule has 1 atom stereocenters. The number of piperidine rings is 1. The number of primary amides is 1. The summed E-state index contributed by atoms with van der Waals surface area (Å²) in [5.41, 5.74) is 2.25. The third-order valence-electron chi connectivity index (χ3n) is 4.36. The Labute approximate surface area is 140 Å². The first kappa shape index (κ1) is 18.0. The van der Waals surface area contributed by atoms with Crippen LogP contribution >= 0.6 is 0 Å². The normalized spacial score (nSPS) is 17.0. The lowest BCUT2D eigenvalue weighted by molar-refractivity contribution is -0.484. The van der Waals surface area contributed by atoms with E-state index in [4.69, 9.17) is 4.74 Å². The quantitative estimate of drug-likeness (QED) is 0.785. The predicted octanol–water partition coefficient (Wildman–Crippen LogP) is 3.24. The summed E-state index contributed by atoms with van der Waals surface area (Å²) >= 11 is 0. The molecule has 2 rings (SSSR count). The number of amides is 1. The number of hydrogen-bond acceptors (Lipinski definition) is 3. The van der Waals surface area contributed by atoms with Crippen LogP contribution in [0.25, 0.3) is 0 Å². The van der Waals surface area contributed by atoms with Crippen LogP contribution < -0.4 is 5.32 Å². The van der Waals surface area contributed by atoms with Crippen LogP contribution in [0.15, 0.2) is 24.3 Å². The van der Waals surface area contributed by atoms with E-state index in [0.717, 1.165) is 31.7 Å². The molecule has 1 aliphatic rings. The van der Waals surface area contributed by atoms with E-state index in [2.05, 4.69) is 24.0 Å². The number of aryl methyl sites for hydroxylation is 1. The number of nitrogens with two attached hydrogens (primary N) is 1. The maximum absolute atomic E-state index is 12.0. The Kier molecular flexibility index (Phi) is 7.56. The van der Waals surface area contributed by atoms with Gasteiger partial charge in [-0.25, -0.2) is 5.32 Å². The molecule has 2 N–H and O–H groups in total. The summed E-state index contributed by atoms with van der Waals surface area (Å²) in [5.74, 6) is 0. The van der Waals surface area contributed by atoms with Crippen molar-refractivity contribution in [2.24, 2.45) is 0 Å². The summed E-state index contributed by atoms with van der Waals surface area (Å²) in [6.45, 7) is 7.28. The van der Waals surface area contributed by atoms with Gasteiger partial charge in [-0.1, -0.05) is 31.9 Å². The van der Waals surface area contributed by atoms with Crippen LogP contribution in [0.5, 0.6) is 0 Å². The fraction of sp³-hybridized carbons (Fsp3) is 0.632. The first-order valence-corrected chi connectivity index (χ1v) is 9.04. The van der Waals surface area contributed by atoms with E-state index in [1.807, 2.05) is 19.1 Å². The van der Waals surface area contributed by atoms with Crippen molar-refractivity contribution in [1.82, 2.24) is 4.90 Å². The molecule has 0 unspecified atom stereocenters. The van der Waals surface area contributed by atoms with Gasteiger partial charge in [-0.05, 0) is 63.4 Å². The third-order valence-corrected chi connectivity index (χ3v) is 4.36. The van der Waals surface area contributed by atoms with E-state index in [0.29, 0.717) is 0 Å². The molecule has 23 heavy (non-hydrogen) atoms. The molecule has 1 saturated heterocycles. The van der Waals surface area contributed by atoms with Crippen molar-refractivity contribution in [2.45, 2.75) is 58.5 Å². The van der Waals surface area contributed by atoms with Crippen LogP contribution in [-0.4, -0.2) is 36.7 Å². The second-order valence-corrected chi connectivity index (χ2v) is 6.60. The number of unbranched alkanes of at least 4 members (excludes halogenated alkanes) is 1. The summed E-state index contributed by atoms with van der Waals surface area (Å²) in [4.78, 5) is 14.4. The highest BCUT2D eigenvalue weighted by atomic mass is 16.6. The standard InChI is InChI=1S/C19H30N2O2/c1-3-4-8-17-9-11-18(12-10-17)20-19(22)23-16(2)15-21-13-6-5-7-14-21/h9-12,16H,3-8,13-15H2,1-2H3,(H,20,22)/p+1/t16-/m0/s1. The van der Waals surface area contributed by atoms with Gasteiger partial charge in [0.25, 0.3) is 0 Å². The maximum atomic E-state index is 12.0. The summed E-state index contributed by atoms with van der Waals surface area (Å²) < 4.78 is 5.52. The van der Waals surface area contributed by atoms with Crippen molar-refractivity contribution < 1.29 is 14.8 Å². The summed E-state index contributed by atoms with van der Waals surface area (Å²) in [5, 5.41) is 1.59. The molecule has 0 spiro atoms. The van der Waals surface area contributed by atoms with Crippen molar-refractivity contribution in [3.63, 3.8) is 0 Å². The van der Waals surface area contributed by atoms with Crippen LogP contribution in [0.4, 0.5) is 10.5 Å². The van der Waals surface area contributed by atoms with Gasteiger partial charge in [0.05, 0.1) is 0 Å². The minimum absolute atomic E-state index is 0.0549. The molecule has 4 nitrogen and oxygen atoms in total. The van der Waals surface area contributed by atoms with Crippen molar-refractivity contribution in [1.29, 1.82) is 0 Å². The second-order valence-electron chi connectivity index (χ2n) is 6.60. The van der Waals surface area contributed by atoms with Crippen LogP contribution in [0.3, 0.4) is 0 Å². The van der Waals surface area contributed by atoms with Gasteiger partial charge >= 0.3 is 6.09 Å². The van der Waals surface area contributed by atoms with Gasteiger partial charge in [-0.3, -0.25) is 4.90 Å². The van der Waals surface area contributed by atoms with Crippen LogP contribution in [0.1, 0.15) is 51.5 Å². The molecule has 1 amide bonds. The molecule has 1 fully saturated rings. The molecule has 0 aliphatic carbocycles. The number of hydrogen-bond donors (Lipinski definition) is 1. The van der Waals surface area contributed by atoms with E-state index in [9.17, 15) is 4.79 Å². The second kappa shape index (κ2) is 9.68. The number of carbonyl (C=O) groups is 1. The number of quaternary nitrogens is 1. The highest BCUT2D eigenvalue weighted by Gasteiger charge is 2.18. The molecule has 128 valence electrons. The van der Waals surface area contributed by atoms with Gasteiger partial charge in [0, 0.05) is 6.54 Å². The number of likely N-dealkylation sites (tertiary alicyclic amines) is 1. The van der Waals surface area contributed by atoms with Gasteiger partial charge in [-0.2, -0.15) is 4.79 Å². The van der Waals surface area contributed by atoms with Gasteiger partial charge in [-0.15, -0.1) is 0 Å². The van der Waals surface area contributed by atoms with Crippen molar-refractivity contribution in [3.05, 3.63) is 29.8 Å². The first-order chi connectivity index (χ1) is 11.2. The van der Waals surface area contributed by atoms with Gasteiger partial charge in [0.15, 0.2) is 0 Å². The zero-order valence-corrected chi connectivity index (χ0v) is 14.6. The molecule has 1 aromatic rings. The molecule has 0 saturated carbocycles. The van der Waals surface area contributed by atoms with Crippen LogP contribution in [0.2, 0.25) is 0 Å². The lowest BCUT2D eigenvalue weighted by Gasteiger charge is -2.28. The van der Waals surface area contributed by atoms with Gasteiger partial charge in [0.2, 0.25) is 0 Å². The Morgan fingerprint density at radius 2 is 1.91 bits per heavy atom. The minimum Gasteiger partial charge on any atom is -0.415 e. The molecule has 1 aromatic carbocycles. The Morgan fingerprint density at radius 3 is 2.57 bits per heavy atom. The van der Waals surface area contributed by atoms with Crippen molar-refractivity contribution in [3.8, 4) is 0 Å². The minimum atomic E-state index is -0.240. The maximum Gasteiger partial charge on any atom is 0.518 e. The first-order valence-electron chi connectivity index (χ1n) is 9.04. The molecule has 4 heteroatoms. The Bertz CT molecular complexity index is 467. The van der Waals surface area contributed by atoms with Crippen LogP contribution in [-0.2, 0) is 11.2 Å². The predicted molar refractivity (Wildman–Crippen MR) is 92.9 cm³/mol. The average Bonchev–Trinajstić information content (AvgIpc) is 2.55. The van der Waals surface area contributed by atoms with E-state index in [1.165, 1.54) is 37.7 Å². The van der Waals surface area contributed by atoms with Gasteiger partial charge < -0.3 is 4.74 Å². The van der Waals surface area contributed by atoms with Crippen molar-refractivity contribution >= 4 is 11.8 Å². The Balaban J connectivity index is 1.72. The molecular formula is C19H31N2O2+. The van der Waals surface area contributed by atoms with E-state index in [1.54, 1.807) is 5.32 Å². The number of carbonyl (C=O) groups excluding carboxylic acids is 1. The van der Waals surface area contributed by atoms with E-state index < -0.39 is 0 Å². The average molecular weight is 319 g/mol. The highest BCUT2D eigenvalue weighted by Crippen LogP contribution is 2.10. The number of ether oxygens (including phenoxy) is 1. The molecule has 1 aliphatic heterocycles. The van der Waals surface area contributed by atoms with Crippen LogP contribution in [0, 0.1) is 0 Å². The molecular weight excluding hydrogens is 288 g/mol. The number of nitrogens with zero attached hydrogens (tertiary/aromatic N) is 1. The Morgan fingerprint density at radius 1 is 1.22 bits per heavy atom. The smallest absolute Gasteiger partial charge is 0.415 e. The fourth-order valence-corrected chi connectivity index (χ4v) is 3.07. The number of benzene rings is 1. The molecule has 0 bridgehead atoms. The summed E-state index contributed by atoms with van der Waals surface area (Å²) in [6.07, 6.45) is 7.07. The largest absolute Gasteiger partial charge is 0.518 e. The lowest BCUT2D eigenvalue weighted by Crippen LogP contribution is -2.82. The monoisotopic (exact) mass is 319 g/mol. The molecule has 0 aromatic heterocycles. The SMILES string of the molecule is CCCCc1ccc([NH2+]C(=O)O[C@@H](C)CN2CCCCC2)cc1. The molecule has 0 radical (unpaired) electrons. The van der Waals surface area contributed by atoms with E-state index >= 15 is 0 Å². The zero-order valence-electron chi connectivity index (χ0n) is 14.6. The lowest BCUT2D eigenvalue weighted by atomic mass is 10.1. The van der Waals surface area contributed by atoms with Crippen molar-refractivity contribution in [2.75, 3.05) is 19.6 Å². The molecule has 1 heterocycles. The fourth-order valence-electron chi connectivity index (χ4n) is 3.07. The topological polar surface area (TPSA) is 46.1 Å². The highest BCUT2D eigenvalue weighted by molar-refractivity contribution is 5.59. The number of rotatable bonds is 7. The third kappa shape index (κ3) is 6.71. The summed E-state index contributed by atoms with van der Waals surface area (Å²) in [6, 6.07) is 8.21. The summed E-state index contributed by atoms with van der Waals surface area (Å²) in [7, 11) is 0. The Hall–Kier alpha value is -1.39. The van der Waals surface area contributed by atoms with Gasteiger partial charge in [0.1, 0.15) is 11.8 Å².